The number of rotatable bonds is 6. The molecule has 27 heavy (non-hydrogen) atoms. The minimum Gasteiger partial charge on any atom is -0.370 e. The minimum absolute atomic E-state index is 0.148. The summed E-state index contributed by atoms with van der Waals surface area (Å²) in [4.78, 5) is 8.96. The highest BCUT2D eigenvalue weighted by Crippen LogP contribution is 2.25. The molecule has 0 N–H and O–H groups in total. The van der Waals surface area contributed by atoms with E-state index in [2.05, 4.69) is 50.9 Å². The molecule has 0 spiro atoms. The molecule has 134 valence electrons. The maximum Gasteiger partial charge on any atom is 0.124 e. The molecule has 0 aliphatic carbocycles. The fraction of sp³-hybridized carbons (Fsp3) is 0.130. The quantitative estimate of drug-likeness (QED) is 0.502. The van der Waals surface area contributed by atoms with Crippen LogP contribution < -0.4 is 0 Å². The van der Waals surface area contributed by atoms with Gasteiger partial charge in [0.1, 0.15) is 6.10 Å². The van der Waals surface area contributed by atoms with Gasteiger partial charge in [0.25, 0.3) is 0 Å². The molecule has 0 radical (unpaired) electrons. The van der Waals surface area contributed by atoms with Crippen LogP contribution >= 0.6 is 0 Å². The first-order chi connectivity index (χ1) is 13.3. The number of imidazole rings is 1. The van der Waals surface area contributed by atoms with Crippen LogP contribution in [0.4, 0.5) is 0 Å². The third-order valence-corrected chi connectivity index (χ3v) is 4.60. The lowest BCUT2D eigenvalue weighted by Gasteiger charge is -2.18. The lowest BCUT2D eigenvalue weighted by Crippen LogP contribution is -2.11. The van der Waals surface area contributed by atoms with E-state index < -0.39 is 0 Å². The van der Waals surface area contributed by atoms with Gasteiger partial charge in [0.15, 0.2) is 0 Å². The highest BCUT2D eigenvalue weighted by Gasteiger charge is 2.17. The van der Waals surface area contributed by atoms with Crippen molar-refractivity contribution in [3.63, 3.8) is 0 Å². The van der Waals surface area contributed by atoms with Gasteiger partial charge in [-0.25, -0.2) is 4.98 Å². The number of hydrogen-bond acceptors (Lipinski definition) is 3. The van der Waals surface area contributed by atoms with E-state index in [0.717, 1.165) is 28.1 Å². The van der Waals surface area contributed by atoms with Crippen molar-refractivity contribution in [3.05, 3.63) is 108 Å². The van der Waals surface area contributed by atoms with Gasteiger partial charge < -0.3 is 9.30 Å². The normalized spacial score (nSPS) is 12.0. The van der Waals surface area contributed by atoms with Crippen LogP contribution in [0.5, 0.6) is 0 Å². The van der Waals surface area contributed by atoms with Gasteiger partial charge >= 0.3 is 0 Å². The van der Waals surface area contributed by atoms with E-state index in [4.69, 9.17) is 4.74 Å². The number of ether oxygens (including phenoxy) is 1. The van der Waals surface area contributed by atoms with Gasteiger partial charge in [0, 0.05) is 18.9 Å². The van der Waals surface area contributed by atoms with E-state index in [-0.39, 0.29) is 6.10 Å². The molecule has 1 atom stereocenters. The van der Waals surface area contributed by atoms with Crippen molar-refractivity contribution < 1.29 is 4.74 Å². The van der Waals surface area contributed by atoms with Gasteiger partial charge in [-0.1, -0.05) is 66.7 Å². The Balaban J connectivity index is 1.57. The number of pyridine rings is 1. The molecule has 0 aliphatic rings. The Morgan fingerprint density at radius 3 is 2.30 bits per heavy atom. The fourth-order valence-corrected chi connectivity index (χ4v) is 3.23. The lowest BCUT2D eigenvalue weighted by molar-refractivity contribution is 0.130. The van der Waals surface area contributed by atoms with Gasteiger partial charge in [-0.3, -0.25) is 4.98 Å². The molecule has 1 unspecified atom stereocenters. The Hall–Kier alpha value is -3.24. The zero-order valence-corrected chi connectivity index (χ0v) is 15.2. The SMILES string of the molecule is COC(c1ccccc1)c1cncn1Cc1ccc(-c2ccccc2)nc1. The zero-order valence-electron chi connectivity index (χ0n) is 15.2. The first-order valence-electron chi connectivity index (χ1n) is 8.93. The molecule has 4 rings (SSSR count). The molecule has 4 aromatic rings. The predicted molar refractivity (Wildman–Crippen MR) is 106 cm³/mol. The monoisotopic (exact) mass is 355 g/mol. The van der Waals surface area contributed by atoms with Crippen molar-refractivity contribution in [2.75, 3.05) is 7.11 Å². The Kier molecular flexibility index (Phi) is 5.08. The summed E-state index contributed by atoms with van der Waals surface area (Å²) in [6.45, 7) is 0.699. The predicted octanol–water partition coefficient (Wildman–Crippen LogP) is 4.73. The van der Waals surface area contributed by atoms with Gasteiger partial charge in [-0.05, 0) is 17.2 Å². The van der Waals surface area contributed by atoms with Gasteiger partial charge in [0.05, 0.1) is 30.5 Å². The summed E-state index contributed by atoms with van der Waals surface area (Å²) in [7, 11) is 1.73. The van der Waals surface area contributed by atoms with Crippen LogP contribution in [0.3, 0.4) is 0 Å². The molecule has 0 amide bonds. The average Bonchev–Trinajstić information content (AvgIpc) is 3.18. The van der Waals surface area contributed by atoms with E-state index in [0.29, 0.717) is 6.54 Å². The first kappa shape index (κ1) is 17.2. The third-order valence-electron chi connectivity index (χ3n) is 4.60. The number of nitrogens with zero attached hydrogens (tertiary/aromatic N) is 3. The minimum atomic E-state index is -0.148. The second-order valence-electron chi connectivity index (χ2n) is 6.39. The molecular formula is C23H21N3O. The van der Waals surface area contributed by atoms with Crippen molar-refractivity contribution in [2.24, 2.45) is 0 Å². The van der Waals surface area contributed by atoms with E-state index in [9.17, 15) is 0 Å². The van der Waals surface area contributed by atoms with E-state index >= 15 is 0 Å². The van der Waals surface area contributed by atoms with Crippen LogP contribution in [0.15, 0.2) is 91.5 Å². The van der Waals surface area contributed by atoms with Crippen molar-refractivity contribution in [1.82, 2.24) is 14.5 Å². The average molecular weight is 355 g/mol. The van der Waals surface area contributed by atoms with Crippen molar-refractivity contribution in [3.8, 4) is 11.3 Å². The Morgan fingerprint density at radius 2 is 1.63 bits per heavy atom. The first-order valence-corrected chi connectivity index (χ1v) is 8.93. The second-order valence-corrected chi connectivity index (χ2v) is 6.39. The molecule has 2 aromatic carbocycles. The summed E-state index contributed by atoms with van der Waals surface area (Å²) in [6.07, 6.45) is 5.49. The summed E-state index contributed by atoms with van der Waals surface area (Å²) < 4.78 is 7.87. The fourth-order valence-electron chi connectivity index (χ4n) is 3.23. The van der Waals surface area contributed by atoms with E-state index in [1.54, 1.807) is 7.11 Å². The summed E-state index contributed by atoms with van der Waals surface area (Å²) in [5.74, 6) is 0. The molecule has 0 bridgehead atoms. The Labute approximate surface area is 159 Å². The smallest absolute Gasteiger partial charge is 0.124 e. The second kappa shape index (κ2) is 7.98. The highest BCUT2D eigenvalue weighted by molar-refractivity contribution is 5.58. The zero-order chi connectivity index (χ0) is 18.5. The largest absolute Gasteiger partial charge is 0.370 e. The van der Waals surface area contributed by atoms with Crippen LogP contribution in [0.25, 0.3) is 11.3 Å². The maximum atomic E-state index is 5.76. The Bertz CT molecular complexity index is 979. The molecule has 0 saturated carbocycles. The molecule has 0 aliphatic heterocycles. The highest BCUT2D eigenvalue weighted by atomic mass is 16.5. The van der Waals surface area contributed by atoms with Crippen LogP contribution in [-0.4, -0.2) is 21.6 Å². The molecule has 2 heterocycles. The Morgan fingerprint density at radius 1 is 0.889 bits per heavy atom. The number of benzene rings is 2. The third kappa shape index (κ3) is 3.81. The summed E-state index contributed by atoms with van der Waals surface area (Å²) in [6, 6.07) is 24.6. The summed E-state index contributed by atoms with van der Waals surface area (Å²) in [5.41, 5.74) is 5.35. The maximum absolute atomic E-state index is 5.76. The van der Waals surface area contributed by atoms with Crippen molar-refractivity contribution in [1.29, 1.82) is 0 Å². The molecule has 4 heteroatoms. The van der Waals surface area contributed by atoms with Gasteiger partial charge in [0.2, 0.25) is 0 Å². The molecule has 0 fully saturated rings. The molecule has 0 saturated heterocycles. The summed E-state index contributed by atoms with van der Waals surface area (Å²) in [5, 5.41) is 0. The van der Waals surface area contributed by atoms with Crippen molar-refractivity contribution in [2.45, 2.75) is 12.6 Å². The van der Waals surface area contributed by atoms with Crippen LogP contribution in [0, 0.1) is 0 Å². The van der Waals surface area contributed by atoms with Gasteiger partial charge in [-0.15, -0.1) is 0 Å². The van der Waals surface area contributed by atoms with Crippen LogP contribution in [-0.2, 0) is 11.3 Å². The number of hydrogen-bond donors (Lipinski definition) is 0. The number of methoxy groups -OCH3 is 1. The molecule has 2 aromatic heterocycles. The standard InChI is InChI=1S/C23H21N3O/c1-27-23(20-10-6-3-7-11-20)22-15-24-17-26(22)16-18-12-13-21(25-14-18)19-8-4-2-5-9-19/h2-15,17,23H,16H2,1H3. The number of aromatic nitrogens is 3. The van der Waals surface area contributed by atoms with Crippen LogP contribution in [0.2, 0.25) is 0 Å². The lowest BCUT2D eigenvalue weighted by atomic mass is 10.1. The van der Waals surface area contributed by atoms with Crippen molar-refractivity contribution >= 4 is 0 Å². The molecule has 4 nitrogen and oxygen atoms in total. The topological polar surface area (TPSA) is 39.9 Å². The van der Waals surface area contributed by atoms with Crippen LogP contribution in [0.1, 0.15) is 22.9 Å². The molecular weight excluding hydrogens is 334 g/mol. The van der Waals surface area contributed by atoms with Gasteiger partial charge in [-0.2, -0.15) is 0 Å². The summed E-state index contributed by atoms with van der Waals surface area (Å²) >= 11 is 0. The van der Waals surface area contributed by atoms with E-state index in [1.165, 1.54) is 0 Å². The van der Waals surface area contributed by atoms with E-state index in [1.807, 2.05) is 55.1 Å².